The molecule has 0 spiro atoms. The van der Waals surface area contributed by atoms with E-state index in [9.17, 15) is 18.5 Å². The molecule has 1 N–H and O–H groups in total. The van der Waals surface area contributed by atoms with Crippen LogP contribution in [0.4, 0.5) is 5.13 Å². The number of fused-ring (bicyclic) bond motifs is 1. The van der Waals surface area contributed by atoms with Crippen molar-refractivity contribution in [1.29, 1.82) is 5.26 Å². The molecule has 0 fully saturated rings. The fraction of sp³-hybridized carbons (Fsp3) is 0.174. The van der Waals surface area contributed by atoms with Crippen LogP contribution in [0.5, 0.6) is 0 Å². The van der Waals surface area contributed by atoms with Crippen LogP contribution in [0.1, 0.15) is 32.1 Å². The van der Waals surface area contributed by atoms with Gasteiger partial charge < -0.3 is 4.90 Å². The summed E-state index contributed by atoms with van der Waals surface area (Å²) in [6.07, 6.45) is 0.930. The Labute approximate surface area is 210 Å². The van der Waals surface area contributed by atoms with E-state index in [-0.39, 0.29) is 5.69 Å². The largest absolute Gasteiger partial charge is 0.339 e. The molecule has 4 rings (SSSR count). The Hall–Kier alpha value is -2.97. The molecule has 7 nitrogen and oxygen atoms in total. The van der Waals surface area contributed by atoms with Crippen molar-refractivity contribution in [2.24, 2.45) is 0 Å². The van der Waals surface area contributed by atoms with Gasteiger partial charge in [0.25, 0.3) is 5.91 Å². The lowest BCUT2D eigenvalue weighted by Crippen LogP contribution is -2.30. The molecule has 174 valence electrons. The summed E-state index contributed by atoms with van der Waals surface area (Å²) in [6.45, 7) is 2.75. The second-order valence-corrected chi connectivity index (χ2v) is 11.9. The third-order valence-corrected chi connectivity index (χ3v) is 7.82. The number of halogens is 1. The lowest BCUT2D eigenvalue weighted by Gasteiger charge is -2.22. The molecule has 2 aromatic carbocycles. The van der Waals surface area contributed by atoms with Gasteiger partial charge >= 0.3 is 0 Å². The third-order valence-electron chi connectivity index (χ3n) is 4.98. The summed E-state index contributed by atoms with van der Waals surface area (Å²) in [6, 6.07) is 15.3. The fourth-order valence-electron chi connectivity index (χ4n) is 3.43. The predicted molar refractivity (Wildman–Crippen MR) is 137 cm³/mol. The number of thiophene rings is 1. The highest BCUT2D eigenvalue weighted by atomic mass is 35.5. The van der Waals surface area contributed by atoms with E-state index in [0.717, 1.165) is 27.5 Å². The molecule has 0 unspecified atom stereocenters. The van der Waals surface area contributed by atoms with Gasteiger partial charge in [-0.15, -0.1) is 22.7 Å². The number of aromatic nitrogens is 1. The van der Waals surface area contributed by atoms with Gasteiger partial charge in [0.15, 0.2) is 5.13 Å². The first-order valence-corrected chi connectivity index (χ1v) is 14.0. The molecule has 0 aliphatic carbocycles. The van der Waals surface area contributed by atoms with Gasteiger partial charge in [0, 0.05) is 27.7 Å². The summed E-state index contributed by atoms with van der Waals surface area (Å²) in [7, 11) is -3.71. The highest BCUT2D eigenvalue weighted by Gasteiger charge is 2.22. The van der Waals surface area contributed by atoms with Crippen molar-refractivity contribution < 1.29 is 13.2 Å². The van der Waals surface area contributed by atoms with Gasteiger partial charge in [0.2, 0.25) is 10.0 Å². The number of nitrogens with zero attached hydrogens (tertiary/aromatic N) is 3. The van der Waals surface area contributed by atoms with Crippen molar-refractivity contribution >= 4 is 65.4 Å². The van der Waals surface area contributed by atoms with Crippen LogP contribution in [0.2, 0.25) is 5.02 Å². The number of hydrogen-bond donors (Lipinski definition) is 1. The summed E-state index contributed by atoms with van der Waals surface area (Å²) >= 11 is 8.93. The molecule has 0 saturated carbocycles. The molecule has 0 saturated heterocycles. The Morgan fingerprint density at radius 2 is 1.94 bits per heavy atom. The molecule has 2 aromatic heterocycles. The van der Waals surface area contributed by atoms with E-state index in [2.05, 4.69) is 16.4 Å². The van der Waals surface area contributed by atoms with Crippen molar-refractivity contribution in [3.8, 4) is 6.07 Å². The number of carbonyl (C=O) groups excluding carboxylic acids is 1. The maximum absolute atomic E-state index is 12.5. The Balaban J connectivity index is 1.70. The first kappa shape index (κ1) is 24.2. The molecule has 0 bridgehead atoms. The normalized spacial score (nSPS) is 11.4. The summed E-state index contributed by atoms with van der Waals surface area (Å²) in [5.41, 5.74) is 2.76. The number of amides is 1. The molecule has 4 aromatic rings. The standard InChI is InChI=1S/C23H19ClN4O3S3/c1-14-21(22(29)27-34(2,30)31)26-23(33-14)28(11-15-3-6-18(24)7-4-15)12-17-13-32-20-9-16(10-25)5-8-19(17)20/h3-9,13H,11-12H2,1-2H3,(H,27,29). The lowest BCUT2D eigenvalue weighted by molar-refractivity contribution is 0.0977. The molecule has 0 atom stereocenters. The number of hydrogen-bond acceptors (Lipinski definition) is 8. The van der Waals surface area contributed by atoms with E-state index in [0.29, 0.717) is 33.7 Å². The highest BCUT2D eigenvalue weighted by molar-refractivity contribution is 7.89. The Kier molecular flexibility index (Phi) is 6.91. The molecular formula is C23H19ClN4O3S3. The maximum Gasteiger partial charge on any atom is 0.284 e. The zero-order valence-corrected chi connectivity index (χ0v) is 21.4. The van der Waals surface area contributed by atoms with E-state index >= 15 is 0 Å². The van der Waals surface area contributed by atoms with E-state index < -0.39 is 15.9 Å². The number of benzene rings is 2. The van der Waals surface area contributed by atoms with Crippen LogP contribution in [0.3, 0.4) is 0 Å². The second kappa shape index (κ2) is 9.72. The minimum atomic E-state index is -3.71. The number of anilines is 1. The Morgan fingerprint density at radius 1 is 1.21 bits per heavy atom. The molecule has 2 heterocycles. The first-order chi connectivity index (χ1) is 16.1. The number of rotatable bonds is 7. The van der Waals surface area contributed by atoms with Crippen LogP contribution in [0.25, 0.3) is 10.1 Å². The first-order valence-electron chi connectivity index (χ1n) is 10.0. The average Bonchev–Trinajstić information content (AvgIpc) is 3.36. The van der Waals surface area contributed by atoms with E-state index in [1.54, 1.807) is 24.3 Å². The Bertz CT molecular complexity index is 1520. The van der Waals surface area contributed by atoms with Crippen molar-refractivity contribution in [2.45, 2.75) is 20.0 Å². The summed E-state index contributed by atoms with van der Waals surface area (Å²) in [5, 5.41) is 13.5. The third kappa shape index (κ3) is 5.56. The smallest absolute Gasteiger partial charge is 0.284 e. The number of nitriles is 1. The monoisotopic (exact) mass is 530 g/mol. The number of thiazole rings is 1. The number of aryl methyl sites for hydroxylation is 1. The minimum Gasteiger partial charge on any atom is -0.339 e. The number of carbonyl (C=O) groups is 1. The van der Waals surface area contributed by atoms with Gasteiger partial charge in [0.05, 0.1) is 17.9 Å². The summed E-state index contributed by atoms with van der Waals surface area (Å²) in [4.78, 5) is 19.6. The highest BCUT2D eigenvalue weighted by Crippen LogP contribution is 2.33. The molecule has 0 radical (unpaired) electrons. The SMILES string of the molecule is Cc1sc(N(Cc2ccc(Cl)cc2)Cc2csc3cc(C#N)ccc23)nc1C(=O)NS(C)(=O)=O. The quantitative estimate of drug-likeness (QED) is 0.357. The average molecular weight is 531 g/mol. The van der Waals surface area contributed by atoms with Gasteiger partial charge in [-0.05, 0) is 53.1 Å². The van der Waals surface area contributed by atoms with Gasteiger partial charge in [-0.2, -0.15) is 5.26 Å². The maximum atomic E-state index is 12.5. The van der Waals surface area contributed by atoms with Gasteiger partial charge in [0.1, 0.15) is 5.69 Å². The van der Waals surface area contributed by atoms with Crippen LogP contribution >= 0.6 is 34.3 Å². The van der Waals surface area contributed by atoms with Gasteiger partial charge in [-0.1, -0.05) is 29.8 Å². The zero-order chi connectivity index (χ0) is 24.5. The van der Waals surface area contributed by atoms with Crippen molar-refractivity contribution in [3.05, 3.63) is 80.1 Å². The van der Waals surface area contributed by atoms with E-state index in [1.807, 2.05) is 46.0 Å². The van der Waals surface area contributed by atoms with Crippen LogP contribution in [0, 0.1) is 18.3 Å². The van der Waals surface area contributed by atoms with E-state index in [4.69, 9.17) is 11.6 Å². The topological polar surface area (TPSA) is 103 Å². The molecule has 34 heavy (non-hydrogen) atoms. The summed E-state index contributed by atoms with van der Waals surface area (Å²) in [5.74, 6) is -0.751. The molecule has 0 aliphatic rings. The van der Waals surface area contributed by atoms with Crippen LogP contribution < -0.4 is 9.62 Å². The van der Waals surface area contributed by atoms with Crippen molar-refractivity contribution in [2.75, 3.05) is 11.2 Å². The van der Waals surface area contributed by atoms with E-state index in [1.165, 1.54) is 11.3 Å². The zero-order valence-electron chi connectivity index (χ0n) is 18.2. The van der Waals surface area contributed by atoms with Crippen molar-refractivity contribution in [1.82, 2.24) is 9.71 Å². The number of nitrogens with one attached hydrogen (secondary N) is 1. The number of sulfonamides is 1. The molecule has 0 aliphatic heterocycles. The predicted octanol–water partition coefficient (Wildman–Crippen LogP) is 5.09. The van der Waals surface area contributed by atoms with Crippen LogP contribution in [-0.2, 0) is 23.1 Å². The van der Waals surface area contributed by atoms with Gasteiger partial charge in [-0.25, -0.2) is 18.1 Å². The molecular weight excluding hydrogens is 512 g/mol. The molecule has 1 amide bonds. The van der Waals surface area contributed by atoms with Crippen LogP contribution in [-0.4, -0.2) is 25.6 Å². The van der Waals surface area contributed by atoms with Crippen LogP contribution in [0.15, 0.2) is 47.8 Å². The second-order valence-electron chi connectivity index (χ2n) is 7.67. The minimum absolute atomic E-state index is 0.0837. The fourth-order valence-corrected chi connectivity index (χ4v) is 5.88. The molecule has 11 heteroatoms. The van der Waals surface area contributed by atoms with Crippen molar-refractivity contribution in [3.63, 3.8) is 0 Å². The summed E-state index contributed by atoms with van der Waals surface area (Å²) < 4.78 is 26.0. The van der Waals surface area contributed by atoms with Gasteiger partial charge in [-0.3, -0.25) is 4.79 Å². The lowest BCUT2D eigenvalue weighted by atomic mass is 10.1. The Morgan fingerprint density at radius 3 is 2.62 bits per heavy atom.